The third-order valence-corrected chi connectivity index (χ3v) is 4.02. The van der Waals surface area contributed by atoms with Gasteiger partial charge in [0.2, 0.25) is 0 Å². The molecule has 1 fully saturated rings. The van der Waals surface area contributed by atoms with Gasteiger partial charge in [0.1, 0.15) is 0 Å². The van der Waals surface area contributed by atoms with Crippen molar-refractivity contribution in [3.8, 4) is 0 Å². The van der Waals surface area contributed by atoms with E-state index in [9.17, 15) is 0 Å². The molecule has 1 N–H and O–H groups in total. The van der Waals surface area contributed by atoms with Crippen LogP contribution in [-0.2, 0) is 10.2 Å². The van der Waals surface area contributed by atoms with Crippen LogP contribution in [0.3, 0.4) is 0 Å². The van der Waals surface area contributed by atoms with Gasteiger partial charge >= 0.3 is 0 Å². The minimum atomic E-state index is 0.258. The van der Waals surface area contributed by atoms with Gasteiger partial charge in [0.25, 0.3) is 0 Å². The quantitative estimate of drug-likeness (QED) is 0.883. The molecule has 0 unspecified atom stereocenters. The number of aryl methyl sites for hydroxylation is 1. The van der Waals surface area contributed by atoms with Gasteiger partial charge in [0.15, 0.2) is 0 Å². The summed E-state index contributed by atoms with van der Waals surface area (Å²) in [6.07, 6.45) is 2.25. The summed E-state index contributed by atoms with van der Waals surface area (Å²) >= 11 is 0. The van der Waals surface area contributed by atoms with Crippen molar-refractivity contribution in [2.24, 2.45) is 0 Å². The zero-order chi connectivity index (χ0) is 13.0. The number of hydrogen-bond donors (Lipinski definition) is 1. The molecule has 0 saturated carbocycles. The van der Waals surface area contributed by atoms with E-state index in [4.69, 9.17) is 4.74 Å². The summed E-state index contributed by atoms with van der Waals surface area (Å²) in [5.74, 6) is 0. The monoisotopic (exact) mass is 247 g/mol. The van der Waals surface area contributed by atoms with Crippen LogP contribution in [0.4, 0.5) is 0 Å². The number of hydrogen-bond acceptors (Lipinski definition) is 2. The Hall–Kier alpha value is -0.860. The molecule has 1 aliphatic heterocycles. The Morgan fingerprint density at radius 1 is 1.22 bits per heavy atom. The lowest BCUT2D eigenvalue weighted by molar-refractivity contribution is 0.0490. The fourth-order valence-corrected chi connectivity index (χ4v) is 2.87. The predicted molar refractivity (Wildman–Crippen MR) is 76.0 cm³/mol. The normalized spacial score (nSPS) is 19.1. The number of rotatable bonds is 4. The van der Waals surface area contributed by atoms with E-state index in [0.717, 1.165) is 32.6 Å². The summed E-state index contributed by atoms with van der Waals surface area (Å²) in [5, 5.41) is 3.63. The van der Waals surface area contributed by atoms with Gasteiger partial charge in [-0.3, -0.25) is 0 Å². The molecule has 0 spiro atoms. The molecule has 0 radical (unpaired) electrons. The Labute approximate surface area is 111 Å². The number of nitrogens with one attached hydrogen (secondary N) is 1. The highest BCUT2D eigenvalue weighted by molar-refractivity contribution is 5.34. The summed E-state index contributed by atoms with van der Waals surface area (Å²) in [5.41, 5.74) is 3.17. The van der Waals surface area contributed by atoms with Gasteiger partial charge in [0, 0.05) is 31.2 Å². The number of ether oxygens (including phenoxy) is 1. The first-order valence-corrected chi connectivity index (χ1v) is 7.01. The van der Waals surface area contributed by atoms with E-state index in [2.05, 4.69) is 50.4 Å². The molecular weight excluding hydrogens is 222 g/mol. The van der Waals surface area contributed by atoms with Gasteiger partial charge in [-0.25, -0.2) is 0 Å². The molecule has 1 aliphatic rings. The standard InChI is InChI=1S/C16H25NO/c1-13(2)17-12-16(8-10-18-11-9-16)15-7-5-4-6-14(15)3/h4-7,13,17H,8-12H2,1-3H3. The summed E-state index contributed by atoms with van der Waals surface area (Å²) in [6.45, 7) is 9.47. The molecule has 0 atom stereocenters. The fourth-order valence-electron chi connectivity index (χ4n) is 2.87. The Morgan fingerprint density at radius 3 is 2.50 bits per heavy atom. The van der Waals surface area contributed by atoms with E-state index in [1.165, 1.54) is 11.1 Å². The molecule has 18 heavy (non-hydrogen) atoms. The zero-order valence-corrected chi connectivity index (χ0v) is 11.8. The van der Waals surface area contributed by atoms with Gasteiger partial charge < -0.3 is 10.1 Å². The molecule has 0 bridgehead atoms. The van der Waals surface area contributed by atoms with Gasteiger partial charge in [-0.1, -0.05) is 38.1 Å². The van der Waals surface area contributed by atoms with Crippen LogP contribution >= 0.6 is 0 Å². The molecule has 1 saturated heterocycles. The molecule has 1 heterocycles. The summed E-state index contributed by atoms with van der Waals surface area (Å²) in [7, 11) is 0. The molecule has 2 heteroatoms. The average molecular weight is 247 g/mol. The predicted octanol–water partition coefficient (Wildman–Crippen LogP) is 3.04. The largest absolute Gasteiger partial charge is 0.381 e. The van der Waals surface area contributed by atoms with Crippen molar-refractivity contribution in [3.63, 3.8) is 0 Å². The van der Waals surface area contributed by atoms with Crippen LogP contribution in [0.25, 0.3) is 0 Å². The van der Waals surface area contributed by atoms with Crippen LogP contribution in [0.15, 0.2) is 24.3 Å². The second-order valence-corrected chi connectivity index (χ2v) is 5.74. The molecule has 1 aromatic rings. The molecular formula is C16H25NO. The van der Waals surface area contributed by atoms with Crippen molar-refractivity contribution in [2.45, 2.75) is 45.1 Å². The van der Waals surface area contributed by atoms with Crippen LogP contribution in [0, 0.1) is 6.92 Å². The van der Waals surface area contributed by atoms with E-state index >= 15 is 0 Å². The third kappa shape index (κ3) is 2.93. The van der Waals surface area contributed by atoms with Crippen LogP contribution in [0.5, 0.6) is 0 Å². The maximum absolute atomic E-state index is 5.57. The first-order valence-electron chi connectivity index (χ1n) is 7.01. The van der Waals surface area contributed by atoms with Crippen LogP contribution in [0.2, 0.25) is 0 Å². The van der Waals surface area contributed by atoms with Crippen LogP contribution in [-0.4, -0.2) is 25.8 Å². The third-order valence-electron chi connectivity index (χ3n) is 4.02. The molecule has 1 aromatic carbocycles. The van der Waals surface area contributed by atoms with E-state index in [0.29, 0.717) is 6.04 Å². The van der Waals surface area contributed by atoms with Gasteiger partial charge in [-0.15, -0.1) is 0 Å². The highest BCUT2D eigenvalue weighted by Crippen LogP contribution is 2.36. The maximum atomic E-state index is 5.57. The minimum absolute atomic E-state index is 0.258. The molecule has 100 valence electrons. The smallest absolute Gasteiger partial charge is 0.0475 e. The first kappa shape index (κ1) is 13.6. The SMILES string of the molecule is Cc1ccccc1C1(CNC(C)C)CCOCC1. The first-order chi connectivity index (χ1) is 8.64. The van der Waals surface area contributed by atoms with Crippen molar-refractivity contribution in [1.82, 2.24) is 5.32 Å². The summed E-state index contributed by atoms with van der Waals surface area (Å²) in [6, 6.07) is 9.34. The lowest BCUT2D eigenvalue weighted by Crippen LogP contribution is -2.45. The van der Waals surface area contributed by atoms with Crippen LogP contribution < -0.4 is 5.32 Å². The minimum Gasteiger partial charge on any atom is -0.381 e. The molecule has 0 aromatic heterocycles. The Balaban J connectivity index is 2.26. The summed E-state index contributed by atoms with van der Waals surface area (Å²) in [4.78, 5) is 0. The van der Waals surface area contributed by atoms with Crippen molar-refractivity contribution in [3.05, 3.63) is 35.4 Å². The topological polar surface area (TPSA) is 21.3 Å². The van der Waals surface area contributed by atoms with E-state index in [1.54, 1.807) is 0 Å². The van der Waals surface area contributed by atoms with E-state index in [1.807, 2.05) is 0 Å². The number of benzene rings is 1. The Kier molecular flexibility index (Phi) is 4.41. The second kappa shape index (κ2) is 5.85. The molecule has 0 aliphatic carbocycles. The molecule has 2 rings (SSSR count). The van der Waals surface area contributed by atoms with Gasteiger partial charge in [-0.2, -0.15) is 0 Å². The van der Waals surface area contributed by atoms with Crippen molar-refractivity contribution in [1.29, 1.82) is 0 Å². The lowest BCUT2D eigenvalue weighted by atomic mass is 9.72. The molecule has 0 amide bonds. The maximum Gasteiger partial charge on any atom is 0.0475 e. The zero-order valence-electron chi connectivity index (χ0n) is 11.8. The Morgan fingerprint density at radius 2 is 1.89 bits per heavy atom. The van der Waals surface area contributed by atoms with E-state index in [-0.39, 0.29) is 5.41 Å². The molecule has 2 nitrogen and oxygen atoms in total. The van der Waals surface area contributed by atoms with Gasteiger partial charge in [0.05, 0.1) is 0 Å². The highest BCUT2D eigenvalue weighted by Gasteiger charge is 2.35. The van der Waals surface area contributed by atoms with Gasteiger partial charge in [-0.05, 0) is 30.9 Å². The lowest BCUT2D eigenvalue weighted by Gasteiger charge is -2.39. The van der Waals surface area contributed by atoms with E-state index < -0.39 is 0 Å². The average Bonchev–Trinajstić information content (AvgIpc) is 2.38. The summed E-state index contributed by atoms with van der Waals surface area (Å²) < 4.78 is 5.57. The fraction of sp³-hybridized carbons (Fsp3) is 0.625. The highest BCUT2D eigenvalue weighted by atomic mass is 16.5. The second-order valence-electron chi connectivity index (χ2n) is 5.74. The van der Waals surface area contributed by atoms with Crippen molar-refractivity contribution in [2.75, 3.05) is 19.8 Å². The Bertz CT molecular complexity index is 380. The van der Waals surface area contributed by atoms with Crippen LogP contribution in [0.1, 0.15) is 37.8 Å². The van der Waals surface area contributed by atoms with Crippen molar-refractivity contribution >= 4 is 0 Å². The van der Waals surface area contributed by atoms with Crippen molar-refractivity contribution < 1.29 is 4.74 Å².